The molecule has 2 aromatic carbocycles. The van der Waals surface area contributed by atoms with Gasteiger partial charge in [-0.3, -0.25) is 10.1 Å². The van der Waals surface area contributed by atoms with Crippen molar-refractivity contribution < 1.29 is 14.3 Å². The van der Waals surface area contributed by atoms with Crippen molar-refractivity contribution in [3.8, 4) is 22.8 Å². The van der Waals surface area contributed by atoms with Crippen LogP contribution in [-0.2, 0) is 4.79 Å². The van der Waals surface area contributed by atoms with Gasteiger partial charge in [-0.2, -0.15) is 0 Å². The van der Waals surface area contributed by atoms with Crippen molar-refractivity contribution in [2.75, 3.05) is 11.9 Å². The van der Waals surface area contributed by atoms with Gasteiger partial charge in [-0.05, 0) is 67.8 Å². The first-order chi connectivity index (χ1) is 14.3. The molecule has 0 radical (unpaired) electrons. The lowest BCUT2D eigenvalue weighted by molar-refractivity contribution is -0.118. The summed E-state index contributed by atoms with van der Waals surface area (Å²) in [7, 11) is 0. The van der Waals surface area contributed by atoms with Gasteiger partial charge < -0.3 is 9.47 Å². The minimum atomic E-state index is -0.241. The van der Waals surface area contributed by atoms with E-state index in [4.69, 9.17) is 9.47 Å². The van der Waals surface area contributed by atoms with E-state index < -0.39 is 0 Å². The molecule has 3 aromatic rings. The lowest BCUT2D eigenvalue weighted by atomic mass is 10.0. The summed E-state index contributed by atoms with van der Waals surface area (Å²) in [6.45, 7) is 8.10. The quantitative estimate of drug-likeness (QED) is 0.392. The van der Waals surface area contributed by atoms with E-state index in [9.17, 15) is 4.79 Å². The molecule has 1 amide bonds. The van der Waals surface area contributed by atoms with Crippen molar-refractivity contribution in [1.29, 1.82) is 0 Å². The van der Waals surface area contributed by atoms with Gasteiger partial charge in [-0.1, -0.05) is 29.8 Å². The Morgan fingerprint density at radius 1 is 1.13 bits per heavy atom. The van der Waals surface area contributed by atoms with Gasteiger partial charge in [0, 0.05) is 15.4 Å². The first kappa shape index (κ1) is 22.3. The molecule has 0 bridgehead atoms. The van der Waals surface area contributed by atoms with E-state index in [0.717, 1.165) is 27.0 Å². The second-order valence-corrected chi connectivity index (χ2v) is 9.18. The number of carbonyl (C=O) groups excluding carboxylic acids is 1. The van der Waals surface area contributed by atoms with E-state index in [0.29, 0.717) is 16.8 Å². The second-order valence-electron chi connectivity index (χ2n) is 7.40. The van der Waals surface area contributed by atoms with Gasteiger partial charge in [-0.15, -0.1) is 11.3 Å². The number of hydrogen-bond donors (Lipinski definition) is 1. The number of thiazole rings is 1. The van der Waals surface area contributed by atoms with E-state index >= 15 is 0 Å². The average Bonchev–Trinajstić information content (AvgIpc) is 3.15. The Balaban J connectivity index is 1.59. The first-order valence-electron chi connectivity index (χ1n) is 9.76. The predicted molar refractivity (Wildman–Crippen MR) is 126 cm³/mol. The van der Waals surface area contributed by atoms with Gasteiger partial charge >= 0.3 is 0 Å². The summed E-state index contributed by atoms with van der Waals surface area (Å²) in [5, 5.41) is 5.27. The molecule has 0 aliphatic rings. The molecular weight excluding hydrogens is 464 g/mol. The van der Waals surface area contributed by atoms with Crippen LogP contribution in [-0.4, -0.2) is 23.6 Å². The van der Waals surface area contributed by atoms with Crippen molar-refractivity contribution in [1.82, 2.24) is 4.98 Å². The average molecular weight is 489 g/mol. The Bertz CT molecular complexity index is 1000. The summed E-state index contributed by atoms with van der Waals surface area (Å²) < 4.78 is 12.4. The highest BCUT2D eigenvalue weighted by molar-refractivity contribution is 9.10. The van der Waals surface area contributed by atoms with E-state index in [1.807, 2.05) is 61.7 Å². The number of rotatable bonds is 8. The summed E-state index contributed by atoms with van der Waals surface area (Å²) in [4.78, 5) is 16.8. The summed E-state index contributed by atoms with van der Waals surface area (Å²) in [5.74, 6) is 1.59. The number of nitrogens with zero attached hydrogens (tertiary/aromatic N) is 1. The Labute approximate surface area is 189 Å². The molecule has 0 aliphatic carbocycles. The normalized spacial score (nSPS) is 11.0. The van der Waals surface area contributed by atoms with Gasteiger partial charge in [0.1, 0.15) is 11.5 Å². The number of ether oxygens (including phenoxy) is 2. The Kier molecular flexibility index (Phi) is 7.50. The monoisotopic (exact) mass is 488 g/mol. The molecule has 0 atom stereocenters. The molecule has 30 heavy (non-hydrogen) atoms. The van der Waals surface area contributed by atoms with Crippen LogP contribution in [0.4, 0.5) is 5.13 Å². The van der Waals surface area contributed by atoms with Gasteiger partial charge in [0.05, 0.1) is 11.8 Å². The molecule has 0 saturated heterocycles. The summed E-state index contributed by atoms with van der Waals surface area (Å²) >= 11 is 4.86. The Hall–Kier alpha value is -2.38. The van der Waals surface area contributed by atoms with Crippen molar-refractivity contribution in [2.45, 2.75) is 39.7 Å². The fourth-order valence-electron chi connectivity index (χ4n) is 2.84. The van der Waals surface area contributed by atoms with Gasteiger partial charge in [0.15, 0.2) is 11.7 Å². The molecule has 7 heteroatoms. The molecule has 1 heterocycles. The molecular formula is C23H25BrN2O3S. The molecule has 158 valence electrons. The lowest BCUT2D eigenvalue weighted by Crippen LogP contribution is -2.20. The molecule has 0 saturated carbocycles. The van der Waals surface area contributed by atoms with Crippen LogP contribution in [0.25, 0.3) is 11.3 Å². The first-order valence-corrected chi connectivity index (χ1v) is 11.4. The molecule has 0 aliphatic heterocycles. The molecule has 0 fully saturated rings. The summed E-state index contributed by atoms with van der Waals surface area (Å²) in [6, 6.07) is 13.6. The molecule has 1 N–H and O–H groups in total. The fraction of sp³-hybridized carbons (Fsp3) is 0.304. The van der Waals surface area contributed by atoms with Crippen LogP contribution < -0.4 is 14.8 Å². The Morgan fingerprint density at radius 3 is 2.53 bits per heavy atom. The molecule has 3 rings (SSSR count). The third-order valence-corrected chi connectivity index (χ3v) is 5.48. The van der Waals surface area contributed by atoms with Crippen LogP contribution >= 0.6 is 27.3 Å². The molecule has 0 spiro atoms. The van der Waals surface area contributed by atoms with Gasteiger partial charge in [0.2, 0.25) is 0 Å². The Morgan fingerprint density at radius 2 is 1.87 bits per heavy atom. The van der Waals surface area contributed by atoms with Crippen LogP contribution in [0.5, 0.6) is 11.5 Å². The number of anilines is 1. The third kappa shape index (κ3) is 6.06. The maximum Gasteiger partial charge on any atom is 0.264 e. The number of halogens is 1. The minimum absolute atomic E-state index is 0.0719. The zero-order chi connectivity index (χ0) is 21.7. The smallest absolute Gasteiger partial charge is 0.264 e. The van der Waals surface area contributed by atoms with Gasteiger partial charge in [-0.25, -0.2) is 4.98 Å². The predicted octanol–water partition coefficient (Wildman–Crippen LogP) is 6.50. The zero-order valence-corrected chi connectivity index (χ0v) is 19.8. The largest absolute Gasteiger partial charge is 0.491 e. The minimum Gasteiger partial charge on any atom is -0.491 e. The standard InChI is InChI=1S/C23H25BrN2O3S/c1-14(2)19-11-17(24)7-10-21(19)28-12-22(27)26-23-25-20(13-30-23)16-5-8-18(9-6-16)29-15(3)4/h5-11,13-15H,12H2,1-4H3,(H,25,26,27). The van der Waals surface area contributed by atoms with Crippen molar-refractivity contribution in [3.63, 3.8) is 0 Å². The van der Waals surface area contributed by atoms with Crippen molar-refractivity contribution >= 4 is 38.3 Å². The third-order valence-electron chi connectivity index (χ3n) is 4.23. The summed E-state index contributed by atoms with van der Waals surface area (Å²) in [6.07, 6.45) is 0.133. The van der Waals surface area contributed by atoms with E-state index in [1.54, 1.807) is 0 Å². The highest BCUT2D eigenvalue weighted by Crippen LogP contribution is 2.30. The highest BCUT2D eigenvalue weighted by Gasteiger charge is 2.12. The zero-order valence-electron chi connectivity index (χ0n) is 17.4. The van der Waals surface area contributed by atoms with E-state index in [-0.39, 0.29) is 18.6 Å². The van der Waals surface area contributed by atoms with Crippen LogP contribution in [0.2, 0.25) is 0 Å². The van der Waals surface area contributed by atoms with Crippen LogP contribution in [0, 0.1) is 0 Å². The molecule has 1 aromatic heterocycles. The maximum absolute atomic E-state index is 12.3. The maximum atomic E-state index is 12.3. The number of amides is 1. The number of hydrogen-bond acceptors (Lipinski definition) is 5. The van der Waals surface area contributed by atoms with Crippen LogP contribution in [0.1, 0.15) is 39.2 Å². The topological polar surface area (TPSA) is 60.5 Å². The van der Waals surface area contributed by atoms with Crippen molar-refractivity contribution in [2.24, 2.45) is 0 Å². The highest BCUT2D eigenvalue weighted by atomic mass is 79.9. The van der Waals surface area contributed by atoms with Crippen LogP contribution in [0.3, 0.4) is 0 Å². The van der Waals surface area contributed by atoms with E-state index in [2.05, 4.69) is 40.1 Å². The number of aromatic nitrogens is 1. The van der Waals surface area contributed by atoms with Gasteiger partial charge in [0.25, 0.3) is 5.91 Å². The fourth-order valence-corrected chi connectivity index (χ4v) is 3.96. The second kappa shape index (κ2) is 10.1. The number of benzene rings is 2. The molecule has 5 nitrogen and oxygen atoms in total. The molecule has 0 unspecified atom stereocenters. The lowest BCUT2D eigenvalue weighted by Gasteiger charge is -2.14. The number of nitrogens with one attached hydrogen (secondary N) is 1. The number of carbonyl (C=O) groups is 1. The van der Waals surface area contributed by atoms with E-state index in [1.165, 1.54) is 11.3 Å². The SMILES string of the molecule is CC(C)Oc1ccc(-c2csc(NC(=O)COc3ccc(Br)cc3C(C)C)n2)cc1. The summed E-state index contributed by atoms with van der Waals surface area (Å²) in [5.41, 5.74) is 2.83. The van der Waals surface area contributed by atoms with Crippen molar-refractivity contribution in [3.05, 3.63) is 57.9 Å². The van der Waals surface area contributed by atoms with Crippen LogP contribution in [0.15, 0.2) is 52.3 Å².